The minimum absolute atomic E-state index is 0.322. The van der Waals surface area contributed by atoms with Crippen LogP contribution in [0.3, 0.4) is 0 Å². The fourth-order valence-electron chi connectivity index (χ4n) is 2.05. The Labute approximate surface area is 98.3 Å². The van der Waals surface area contributed by atoms with Gasteiger partial charge in [0.2, 0.25) is 0 Å². The van der Waals surface area contributed by atoms with E-state index in [-0.39, 0.29) is 6.10 Å². The van der Waals surface area contributed by atoms with Gasteiger partial charge in [-0.05, 0) is 24.1 Å². The van der Waals surface area contributed by atoms with E-state index >= 15 is 0 Å². The van der Waals surface area contributed by atoms with Gasteiger partial charge in [0.15, 0.2) is 11.6 Å². The van der Waals surface area contributed by atoms with Crippen LogP contribution in [0.25, 0.3) is 0 Å². The molecular weight excluding hydrogens is 228 g/mol. The van der Waals surface area contributed by atoms with E-state index in [0.29, 0.717) is 31.6 Å². The molecule has 0 spiro atoms. The number of halogens is 2. The predicted octanol–water partition coefficient (Wildman–Crippen LogP) is 1.06. The first kappa shape index (κ1) is 12.4. The molecule has 0 saturated carbocycles. The molecule has 94 valence electrons. The van der Waals surface area contributed by atoms with Gasteiger partial charge in [-0.1, -0.05) is 6.07 Å². The second-order valence-corrected chi connectivity index (χ2v) is 4.39. The van der Waals surface area contributed by atoms with Gasteiger partial charge < -0.3 is 10.2 Å². The van der Waals surface area contributed by atoms with E-state index in [1.807, 2.05) is 4.90 Å². The fraction of sp³-hybridized carbons (Fsp3) is 0.500. The average Bonchev–Trinajstić information content (AvgIpc) is 2.68. The third kappa shape index (κ3) is 3.00. The number of β-amino-alcohol motifs (C(OH)–C–C–N with tert-alkyl or cyclic N) is 2. The minimum atomic E-state index is -0.956. The molecule has 0 aliphatic carbocycles. The van der Waals surface area contributed by atoms with Gasteiger partial charge in [-0.3, -0.25) is 4.90 Å². The van der Waals surface area contributed by atoms with Crippen molar-refractivity contribution < 1.29 is 19.0 Å². The summed E-state index contributed by atoms with van der Waals surface area (Å²) >= 11 is 0. The zero-order chi connectivity index (χ0) is 12.4. The van der Waals surface area contributed by atoms with Crippen molar-refractivity contribution in [1.82, 2.24) is 4.90 Å². The second-order valence-electron chi connectivity index (χ2n) is 4.39. The molecular formula is C12H15F2NO2. The Kier molecular flexibility index (Phi) is 3.71. The zero-order valence-electron chi connectivity index (χ0n) is 9.31. The number of benzene rings is 1. The van der Waals surface area contributed by atoms with Gasteiger partial charge >= 0.3 is 0 Å². The molecule has 0 radical (unpaired) electrons. The van der Waals surface area contributed by atoms with Crippen LogP contribution in [-0.4, -0.2) is 40.9 Å². The number of hydrogen-bond acceptors (Lipinski definition) is 3. The smallest absolute Gasteiger partial charge is 0.159 e. The summed E-state index contributed by atoms with van der Waals surface area (Å²) in [7, 11) is 0. The van der Waals surface area contributed by atoms with Crippen LogP contribution >= 0.6 is 0 Å². The molecule has 1 fully saturated rings. The van der Waals surface area contributed by atoms with E-state index in [9.17, 15) is 19.0 Å². The van der Waals surface area contributed by atoms with Crippen LogP contribution in [0.2, 0.25) is 0 Å². The Hall–Kier alpha value is -1.04. The lowest BCUT2D eigenvalue weighted by atomic mass is 10.1. The first-order valence-electron chi connectivity index (χ1n) is 5.59. The molecule has 2 rings (SSSR count). The van der Waals surface area contributed by atoms with Crippen molar-refractivity contribution in [3.63, 3.8) is 0 Å². The molecule has 1 aliphatic heterocycles. The first-order valence-corrected chi connectivity index (χ1v) is 5.59. The quantitative estimate of drug-likeness (QED) is 0.834. The Morgan fingerprint density at radius 2 is 2.12 bits per heavy atom. The van der Waals surface area contributed by atoms with Crippen LogP contribution in [0.4, 0.5) is 8.78 Å². The Morgan fingerprint density at radius 3 is 2.71 bits per heavy atom. The van der Waals surface area contributed by atoms with Crippen LogP contribution in [0, 0.1) is 11.6 Å². The lowest BCUT2D eigenvalue weighted by Gasteiger charge is -2.19. The summed E-state index contributed by atoms with van der Waals surface area (Å²) in [6.45, 7) is 1.55. The van der Waals surface area contributed by atoms with Gasteiger partial charge in [0, 0.05) is 19.6 Å². The molecule has 1 aromatic rings. The topological polar surface area (TPSA) is 43.7 Å². The summed E-state index contributed by atoms with van der Waals surface area (Å²) in [6.07, 6.45) is -0.535. The third-order valence-electron chi connectivity index (χ3n) is 3.01. The van der Waals surface area contributed by atoms with Crippen molar-refractivity contribution in [1.29, 1.82) is 0 Å². The van der Waals surface area contributed by atoms with Crippen LogP contribution < -0.4 is 0 Å². The highest BCUT2D eigenvalue weighted by Gasteiger charge is 2.23. The molecule has 0 bridgehead atoms. The molecule has 2 atom stereocenters. The minimum Gasteiger partial charge on any atom is -0.392 e. The predicted molar refractivity (Wildman–Crippen MR) is 58.4 cm³/mol. The van der Waals surface area contributed by atoms with Crippen molar-refractivity contribution in [3.05, 3.63) is 35.4 Å². The summed E-state index contributed by atoms with van der Waals surface area (Å²) in [5.41, 5.74) is 0.352. The van der Waals surface area contributed by atoms with Crippen LogP contribution in [-0.2, 0) is 0 Å². The maximum Gasteiger partial charge on any atom is 0.159 e. The van der Waals surface area contributed by atoms with E-state index in [1.54, 1.807) is 0 Å². The van der Waals surface area contributed by atoms with Gasteiger partial charge in [0.05, 0.1) is 12.2 Å². The largest absolute Gasteiger partial charge is 0.392 e. The van der Waals surface area contributed by atoms with Gasteiger partial charge in [0.1, 0.15) is 0 Å². The SMILES string of the molecule is OC1CCN(CC(O)c2ccc(F)c(F)c2)C1. The maximum absolute atomic E-state index is 13.0. The Morgan fingerprint density at radius 1 is 1.35 bits per heavy atom. The van der Waals surface area contributed by atoms with Crippen molar-refractivity contribution in [2.24, 2.45) is 0 Å². The molecule has 17 heavy (non-hydrogen) atoms. The molecule has 1 heterocycles. The summed E-state index contributed by atoms with van der Waals surface area (Å²) in [4.78, 5) is 1.90. The third-order valence-corrected chi connectivity index (χ3v) is 3.01. The first-order chi connectivity index (χ1) is 8.06. The normalized spacial score (nSPS) is 22.9. The number of aliphatic hydroxyl groups is 2. The van der Waals surface area contributed by atoms with Crippen LogP contribution in [0.15, 0.2) is 18.2 Å². The molecule has 0 amide bonds. The summed E-state index contributed by atoms with van der Waals surface area (Å²) < 4.78 is 25.7. The monoisotopic (exact) mass is 243 g/mol. The number of likely N-dealkylation sites (tertiary alicyclic amines) is 1. The zero-order valence-corrected chi connectivity index (χ0v) is 9.31. The highest BCUT2D eigenvalue weighted by Crippen LogP contribution is 2.19. The molecule has 1 saturated heterocycles. The molecule has 3 nitrogen and oxygen atoms in total. The van der Waals surface area contributed by atoms with Crippen molar-refractivity contribution in [2.45, 2.75) is 18.6 Å². The van der Waals surface area contributed by atoms with E-state index < -0.39 is 17.7 Å². The van der Waals surface area contributed by atoms with Crippen molar-refractivity contribution >= 4 is 0 Å². The van der Waals surface area contributed by atoms with Crippen LogP contribution in [0.1, 0.15) is 18.1 Å². The van der Waals surface area contributed by atoms with E-state index in [1.165, 1.54) is 6.07 Å². The van der Waals surface area contributed by atoms with Gasteiger partial charge in [-0.2, -0.15) is 0 Å². The number of aliphatic hydroxyl groups excluding tert-OH is 2. The Bertz CT molecular complexity index is 400. The second kappa shape index (κ2) is 5.08. The number of nitrogens with zero attached hydrogens (tertiary/aromatic N) is 1. The molecule has 5 heteroatoms. The lowest BCUT2D eigenvalue weighted by Crippen LogP contribution is -2.27. The summed E-state index contributed by atoms with van der Waals surface area (Å²) in [5, 5.41) is 19.2. The highest BCUT2D eigenvalue weighted by molar-refractivity contribution is 5.20. The molecule has 1 aromatic carbocycles. The fourth-order valence-corrected chi connectivity index (χ4v) is 2.05. The molecule has 2 N–H and O–H groups in total. The average molecular weight is 243 g/mol. The maximum atomic E-state index is 13.0. The van der Waals surface area contributed by atoms with E-state index in [2.05, 4.69) is 0 Å². The number of hydrogen-bond donors (Lipinski definition) is 2. The molecule has 1 aliphatic rings. The number of rotatable bonds is 3. The van der Waals surface area contributed by atoms with Gasteiger partial charge in [-0.15, -0.1) is 0 Å². The van der Waals surface area contributed by atoms with E-state index in [0.717, 1.165) is 12.1 Å². The molecule has 2 unspecified atom stereocenters. The van der Waals surface area contributed by atoms with Gasteiger partial charge in [-0.25, -0.2) is 8.78 Å². The standard InChI is InChI=1S/C12H15F2NO2/c13-10-2-1-8(5-11(10)14)12(17)7-15-4-3-9(16)6-15/h1-2,5,9,12,16-17H,3-4,6-7H2. The van der Waals surface area contributed by atoms with E-state index in [4.69, 9.17) is 0 Å². The van der Waals surface area contributed by atoms with Crippen molar-refractivity contribution in [3.8, 4) is 0 Å². The summed E-state index contributed by atoms with van der Waals surface area (Å²) in [5.74, 6) is -1.87. The van der Waals surface area contributed by atoms with Crippen LogP contribution in [0.5, 0.6) is 0 Å². The lowest BCUT2D eigenvalue weighted by molar-refractivity contribution is 0.113. The highest BCUT2D eigenvalue weighted by atomic mass is 19.2. The molecule has 0 aromatic heterocycles. The summed E-state index contributed by atoms with van der Waals surface area (Å²) in [6, 6.07) is 3.38. The van der Waals surface area contributed by atoms with Crippen molar-refractivity contribution in [2.75, 3.05) is 19.6 Å². The van der Waals surface area contributed by atoms with Gasteiger partial charge in [0.25, 0.3) is 0 Å². The Balaban J connectivity index is 1.99.